The lowest BCUT2D eigenvalue weighted by Crippen LogP contribution is -2.04. The Labute approximate surface area is 217 Å². The fourth-order valence-electron chi connectivity index (χ4n) is 5.94. The third-order valence-corrected chi connectivity index (χ3v) is 7.68. The van der Waals surface area contributed by atoms with E-state index >= 15 is 0 Å². The average molecular weight is 502 g/mol. The topological polar surface area (TPSA) is 90.6 Å². The Kier molecular flexibility index (Phi) is 3.28. The van der Waals surface area contributed by atoms with Crippen molar-refractivity contribution in [3.8, 4) is 0 Å². The molecule has 9 heteroatoms. The maximum Gasteiger partial charge on any atom is 0.225 e. The molecule has 0 saturated heterocycles. The summed E-state index contributed by atoms with van der Waals surface area (Å²) in [5, 5.41) is 3.12. The number of hydrogen-bond donors (Lipinski definition) is 0. The highest BCUT2D eigenvalue weighted by molar-refractivity contribution is 6.01. The molecule has 10 aromatic rings. The Morgan fingerprint density at radius 3 is 1.05 bits per heavy atom. The molecule has 39 heavy (non-hydrogen) atoms. The van der Waals surface area contributed by atoms with E-state index in [1.165, 1.54) is 0 Å². The summed E-state index contributed by atoms with van der Waals surface area (Å²) in [6, 6.07) is 24.5. The van der Waals surface area contributed by atoms with Gasteiger partial charge in [0.05, 0.1) is 49.7 Å². The molecule has 0 fully saturated rings. The van der Waals surface area contributed by atoms with Gasteiger partial charge in [0.15, 0.2) is 0 Å². The van der Waals surface area contributed by atoms with Gasteiger partial charge in [-0.2, -0.15) is 0 Å². The van der Waals surface area contributed by atoms with Crippen molar-refractivity contribution in [3.05, 3.63) is 91.4 Å². The molecular formula is C30H15N9. The molecule has 0 aliphatic heterocycles. The van der Waals surface area contributed by atoms with Crippen LogP contribution in [0.2, 0.25) is 0 Å². The molecule has 7 aromatic heterocycles. The van der Waals surface area contributed by atoms with E-state index in [9.17, 15) is 0 Å². The molecule has 0 radical (unpaired) electrons. The van der Waals surface area contributed by atoms with Crippen molar-refractivity contribution >= 4 is 83.1 Å². The molecular weight excluding hydrogens is 486 g/mol. The molecule has 180 valence electrons. The molecule has 0 aliphatic rings. The zero-order chi connectivity index (χ0) is 25.2. The second kappa shape index (κ2) is 6.59. The summed E-state index contributed by atoms with van der Waals surface area (Å²) in [5.74, 6) is 2.20. The Hall–Kier alpha value is -5.70. The lowest BCUT2D eigenvalue weighted by Gasteiger charge is -2.06. The van der Waals surface area contributed by atoms with Crippen LogP contribution in [0.4, 0.5) is 0 Å². The van der Waals surface area contributed by atoms with E-state index in [0.29, 0.717) is 0 Å². The molecule has 3 aromatic carbocycles. The van der Waals surface area contributed by atoms with Gasteiger partial charge in [-0.1, -0.05) is 18.2 Å². The third-order valence-electron chi connectivity index (χ3n) is 7.68. The summed E-state index contributed by atoms with van der Waals surface area (Å²) in [4.78, 5) is 29.3. The minimum Gasteiger partial charge on any atom is -0.256 e. The standard InChI is InChI=1S/C30H15N9/c1-4-16-10-22-25(13-19(16)31-7-1)37-28(34-22)38-26-14-20-17(5-2-8-32-20)11-23(26)36-30(38)39-27-15-21-18(6-3-9-33-21)12-24(27)35-29(37)39/h1-15H. The lowest BCUT2D eigenvalue weighted by molar-refractivity contribution is 1.02. The first kappa shape index (κ1) is 19.4. The quantitative estimate of drug-likeness (QED) is 0.263. The van der Waals surface area contributed by atoms with Gasteiger partial charge in [-0.3, -0.25) is 15.0 Å². The largest absolute Gasteiger partial charge is 0.256 e. The average Bonchev–Trinajstić information content (AvgIpc) is 3.63. The van der Waals surface area contributed by atoms with Crippen LogP contribution in [0.25, 0.3) is 83.1 Å². The van der Waals surface area contributed by atoms with Crippen LogP contribution in [0, 0.1) is 0 Å². The van der Waals surface area contributed by atoms with Crippen molar-refractivity contribution in [2.45, 2.75) is 0 Å². The fourth-order valence-corrected chi connectivity index (χ4v) is 5.94. The minimum atomic E-state index is 0.735. The molecule has 9 nitrogen and oxygen atoms in total. The summed E-state index contributed by atoms with van der Waals surface area (Å²) < 4.78 is 6.33. The Bertz CT molecular complexity index is 2350. The minimum absolute atomic E-state index is 0.735. The van der Waals surface area contributed by atoms with E-state index < -0.39 is 0 Å². The lowest BCUT2D eigenvalue weighted by atomic mass is 10.2. The van der Waals surface area contributed by atoms with Gasteiger partial charge < -0.3 is 0 Å². The smallest absolute Gasteiger partial charge is 0.225 e. The van der Waals surface area contributed by atoms with E-state index in [0.717, 1.165) is 83.1 Å². The number of rotatable bonds is 0. The number of hydrogen-bond acceptors (Lipinski definition) is 6. The predicted octanol–water partition coefficient (Wildman–Crippen LogP) is 5.73. The van der Waals surface area contributed by atoms with Crippen molar-refractivity contribution in [2.75, 3.05) is 0 Å². The van der Waals surface area contributed by atoms with Crippen molar-refractivity contribution in [2.24, 2.45) is 0 Å². The van der Waals surface area contributed by atoms with Crippen molar-refractivity contribution in [3.63, 3.8) is 0 Å². The molecule has 0 N–H and O–H groups in total. The summed E-state index contributed by atoms with van der Waals surface area (Å²) in [6.45, 7) is 0. The van der Waals surface area contributed by atoms with Crippen LogP contribution in [0.3, 0.4) is 0 Å². The summed E-state index contributed by atoms with van der Waals surface area (Å²) in [6.07, 6.45) is 5.44. The third kappa shape index (κ3) is 2.39. The van der Waals surface area contributed by atoms with Crippen LogP contribution in [0.5, 0.6) is 0 Å². The monoisotopic (exact) mass is 501 g/mol. The van der Waals surface area contributed by atoms with Crippen molar-refractivity contribution in [1.29, 1.82) is 0 Å². The molecule has 0 unspecified atom stereocenters. The van der Waals surface area contributed by atoms with E-state index in [1.807, 2.05) is 36.8 Å². The van der Waals surface area contributed by atoms with Gasteiger partial charge in [0.1, 0.15) is 0 Å². The molecule has 0 amide bonds. The second-order valence-electron chi connectivity index (χ2n) is 9.85. The van der Waals surface area contributed by atoms with Crippen LogP contribution in [0.1, 0.15) is 0 Å². The Balaban J connectivity index is 1.53. The number of nitrogens with zero attached hydrogens (tertiary/aromatic N) is 9. The van der Waals surface area contributed by atoms with Crippen LogP contribution >= 0.6 is 0 Å². The molecule has 0 atom stereocenters. The molecule has 0 saturated carbocycles. The van der Waals surface area contributed by atoms with E-state index in [-0.39, 0.29) is 0 Å². The van der Waals surface area contributed by atoms with Gasteiger partial charge in [0.2, 0.25) is 17.3 Å². The van der Waals surface area contributed by atoms with Gasteiger partial charge in [-0.25, -0.2) is 28.2 Å². The molecule has 0 bridgehead atoms. The molecule has 7 heterocycles. The van der Waals surface area contributed by atoms with E-state index in [2.05, 4.69) is 82.8 Å². The van der Waals surface area contributed by atoms with Crippen LogP contribution in [-0.4, -0.2) is 43.1 Å². The van der Waals surface area contributed by atoms with Crippen LogP contribution in [-0.2, 0) is 0 Å². The Morgan fingerprint density at radius 1 is 0.385 bits per heavy atom. The maximum atomic E-state index is 5.14. The normalized spacial score (nSPS) is 12.6. The van der Waals surface area contributed by atoms with Gasteiger partial charge in [-0.05, 0) is 54.6 Å². The van der Waals surface area contributed by atoms with Gasteiger partial charge in [0, 0.05) is 34.7 Å². The van der Waals surface area contributed by atoms with Gasteiger partial charge in [-0.15, -0.1) is 0 Å². The van der Waals surface area contributed by atoms with Crippen molar-refractivity contribution < 1.29 is 0 Å². The Morgan fingerprint density at radius 2 is 0.718 bits per heavy atom. The zero-order valence-corrected chi connectivity index (χ0v) is 20.2. The highest BCUT2D eigenvalue weighted by Gasteiger charge is 2.22. The number of imidazole rings is 3. The highest BCUT2D eigenvalue weighted by atomic mass is 15.3. The molecule has 0 aliphatic carbocycles. The van der Waals surface area contributed by atoms with Crippen molar-refractivity contribution in [1.82, 2.24) is 43.1 Å². The zero-order valence-electron chi connectivity index (χ0n) is 20.2. The molecule has 0 spiro atoms. The first-order valence-electron chi connectivity index (χ1n) is 12.6. The molecule has 10 rings (SSSR count). The SMILES string of the molecule is c1cnc2cc3c(cc2c1)nc1n3c2nc3cc4cccnc4cc3n2c2nc3cc4cccnc4cc3n12. The first-order chi connectivity index (χ1) is 19.3. The van der Waals surface area contributed by atoms with Gasteiger partial charge in [0.25, 0.3) is 0 Å². The number of fused-ring (bicyclic) bond motifs is 15. The second-order valence-corrected chi connectivity index (χ2v) is 9.85. The first-order valence-corrected chi connectivity index (χ1v) is 12.6. The van der Waals surface area contributed by atoms with Crippen LogP contribution in [0.15, 0.2) is 91.4 Å². The fraction of sp³-hybridized carbons (Fsp3) is 0. The summed E-state index contributed by atoms with van der Waals surface area (Å²) in [5.41, 5.74) is 8.11. The summed E-state index contributed by atoms with van der Waals surface area (Å²) in [7, 11) is 0. The maximum absolute atomic E-state index is 5.14. The highest BCUT2D eigenvalue weighted by Crippen LogP contribution is 2.32. The number of aromatic nitrogens is 9. The van der Waals surface area contributed by atoms with E-state index in [1.54, 1.807) is 0 Å². The predicted molar refractivity (Wildman–Crippen MR) is 151 cm³/mol. The van der Waals surface area contributed by atoms with E-state index in [4.69, 9.17) is 15.0 Å². The summed E-state index contributed by atoms with van der Waals surface area (Å²) >= 11 is 0. The van der Waals surface area contributed by atoms with Crippen LogP contribution < -0.4 is 0 Å². The van der Waals surface area contributed by atoms with Gasteiger partial charge >= 0.3 is 0 Å². The number of benzene rings is 3. The number of pyridine rings is 3.